The number of carbonyl (C=O) groups excluding carboxylic acids is 1. The monoisotopic (exact) mass is 275 g/mol. The van der Waals surface area contributed by atoms with Crippen molar-refractivity contribution < 1.29 is 43.1 Å². The van der Waals surface area contributed by atoms with Crippen LogP contribution < -0.4 is 29.6 Å². The molecule has 1 aromatic rings. The third kappa shape index (κ3) is 3.90. The molecule has 1 aliphatic heterocycles. The van der Waals surface area contributed by atoms with Crippen molar-refractivity contribution in [2.75, 3.05) is 13.1 Å². The summed E-state index contributed by atoms with van der Waals surface area (Å²) in [6, 6.07) is 8.96. The standard InChI is InChI=1S/C12H15NO3S.Na/c14-12(10-5-2-1-3-6-10)13-8-4-7-11(9-13)17(15)16;/h1-3,5-6,11H,4,7-9H2,(H,15,16);/q;+1/p-1. The first-order valence-corrected chi connectivity index (χ1v) is 6.74. The van der Waals surface area contributed by atoms with Crippen LogP contribution in [0.5, 0.6) is 0 Å². The molecule has 0 spiro atoms. The molecular formula is C12H14NNaO3S. The van der Waals surface area contributed by atoms with Crippen molar-refractivity contribution in [3.05, 3.63) is 35.9 Å². The summed E-state index contributed by atoms with van der Waals surface area (Å²) in [5, 5.41) is -0.420. The van der Waals surface area contributed by atoms with Crippen molar-refractivity contribution >= 4 is 17.0 Å². The minimum atomic E-state index is -2.09. The van der Waals surface area contributed by atoms with Crippen molar-refractivity contribution in [2.24, 2.45) is 0 Å². The number of piperidine rings is 1. The van der Waals surface area contributed by atoms with Gasteiger partial charge in [-0.25, -0.2) is 0 Å². The molecule has 2 atom stereocenters. The molecule has 0 aliphatic carbocycles. The fourth-order valence-electron chi connectivity index (χ4n) is 2.04. The topological polar surface area (TPSA) is 60.4 Å². The number of amides is 1. The Balaban J connectivity index is 0.00000162. The van der Waals surface area contributed by atoms with Crippen LogP contribution in [-0.4, -0.2) is 37.9 Å². The fraction of sp³-hybridized carbons (Fsp3) is 0.417. The second-order valence-electron chi connectivity index (χ2n) is 4.14. The van der Waals surface area contributed by atoms with Crippen LogP contribution in [0.15, 0.2) is 30.3 Å². The van der Waals surface area contributed by atoms with Crippen LogP contribution in [0.4, 0.5) is 0 Å². The van der Waals surface area contributed by atoms with Gasteiger partial charge in [0.25, 0.3) is 5.91 Å². The Morgan fingerprint density at radius 1 is 1.33 bits per heavy atom. The van der Waals surface area contributed by atoms with Crippen molar-refractivity contribution in [3.8, 4) is 0 Å². The predicted octanol–water partition coefficient (Wildman–Crippen LogP) is -1.83. The number of hydrogen-bond donors (Lipinski definition) is 0. The van der Waals surface area contributed by atoms with Crippen LogP contribution in [0, 0.1) is 0 Å². The van der Waals surface area contributed by atoms with E-state index in [4.69, 9.17) is 0 Å². The number of rotatable bonds is 2. The molecule has 0 radical (unpaired) electrons. The zero-order chi connectivity index (χ0) is 12.3. The van der Waals surface area contributed by atoms with E-state index in [-0.39, 0.29) is 35.5 Å². The molecule has 4 nitrogen and oxygen atoms in total. The second kappa shape index (κ2) is 7.40. The summed E-state index contributed by atoms with van der Waals surface area (Å²) in [5.41, 5.74) is 0.616. The van der Waals surface area contributed by atoms with Gasteiger partial charge in [-0.2, -0.15) is 0 Å². The maximum Gasteiger partial charge on any atom is 1.00 e. The van der Waals surface area contributed by atoms with Crippen LogP contribution >= 0.6 is 0 Å². The van der Waals surface area contributed by atoms with E-state index >= 15 is 0 Å². The first kappa shape index (κ1) is 15.9. The molecule has 1 heterocycles. The maximum atomic E-state index is 12.1. The zero-order valence-corrected chi connectivity index (χ0v) is 13.2. The minimum absolute atomic E-state index is 0. The summed E-state index contributed by atoms with van der Waals surface area (Å²) in [6.45, 7) is 0.950. The molecule has 2 rings (SSSR count). The van der Waals surface area contributed by atoms with Gasteiger partial charge in [-0.05, 0) is 25.0 Å². The quantitative estimate of drug-likeness (QED) is 0.471. The Bertz CT molecular complexity index is 427. The molecule has 0 aromatic heterocycles. The van der Waals surface area contributed by atoms with Crippen LogP contribution in [0.1, 0.15) is 23.2 Å². The number of benzene rings is 1. The third-order valence-electron chi connectivity index (χ3n) is 2.96. The largest absolute Gasteiger partial charge is 1.00 e. The summed E-state index contributed by atoms with van der Waals surface area (Å²) >= 11 is -2.09. The number of nitrogens with zero attached hydrogens (tertiary/aromatic N) is 1. The summed E-state index contributed by atoms with van der Waals surface area (Å²) in [4.78, 5) is 13.7. The number of likely N-dealkylation sites (tertiary alicyclic amines) is 1. The first-order valence-electron chi connectivity index (χ1n) is 5.61. The van der Waals surface area contributed by atoms with Gasteiger partial charge in [-0.1, -0.05) is 29.3 Å². The Morgan fingerprint density at radius 3 is 2.61 bits per heavy atom. The molecule has 92 valence electrons. The molecule has 1 aliphatic rings. The zero-order valence-electron chi connectivity index (χ0n) is 10.4. The number of hydrogen-bond acceptors (Lipinski definition) is 3. The van der Waals surface area contributed by atoms with Crippen LogP contribution in [0.25, 0.3) is 0 Å². The van der Waals surface area contributed by atoms with E-state index in [1.165, 1.54) is 0 Å². The molecule has 18 heavy (non-hydrogen) atoms. The van der Waals surface area contributed by atoms with Gasteiger partial charge in [0.05, 0.1) is 0 Å². The third-order valence-corrected chi connectivity index (χ3v) is 3.89. The molecule has 1 amide bonds. The van der Waals surface area contributed by atoms with E-state index < -0.39 is 16.3 Å². The summed E-state index contributed by atoms with van der Waals surface area (Å²) in [6.07, 6.45) is 1.39. The Hall–Kier alpha value is -0.200. The molecule has 0 saturated carbocycles. The summed E-state index contributed by atoms with van der Waals surface area (Å²) in [7, 11) is 0. The van der Waals surface area contributed by atoms with Gasteiger partial charge in [0.15, 0.2) is 0 Å². The average Bonchev–Trinajstić information content (AvgIpc) is 2.39. The molecule has 1 fully saturated rings. The van der Waals surface area contributed by atoms with Crippen LogP contribution in [0.2, 0.25) is 0 Å². The van der Waals surface area contributed by atoms with Gasteiger partial charge >= 0.3 is 29.6 Å². The predicted molar refractivity (Wildman–Crippen MR) is 64.3 cm³/mol. The van der Waals surface area contributed by atoms with Crippen molar-refractivity contribution in [2.45, 2.75) is 18.1 Å². The molecule has 6 heteroatoms. The average molecular weight is 275 g/mol. The van der Waals surface area contributed by atoms with Gasteiger partial charge in [0.2, 0.25) is 0 Å². The van der Waals surface area contributed by atoms with Gasteiger partial charge in [-0.15, -0.1) is 0 Å². The maximum absolute atomic E-state index is 12.1. The van der Waals surface area contributed by atoms with E-state index in [9.17, 15) is 13.6 Å². The van der Waals surface area contributed by atoms with Gasteiger partial charge in [-0.3, -0.25) is 9.00 Å². The smallest absolute Gasteiger partial charge is 0.772 e. The van der Waals surface area contributed by atoms with Gasteiger partial charge in [0.1, 0.15) is 0 Å². The second-order valence-corrected chi connectivity index (χ2v) is 5.33. The normalized spacial score (nSPS) is 20.9. The van der Waals surface area contributed by atoms with Crippen LogP contribution in [-0.2, 0) is 11.1 Å². The molecule has 1 aromatic carbocycles. The van der Waals surface area contributed by atoms with E-state index in [1.807, 2.05) is 6.07 Å². The Morgan fingerprint density at radius 2 is 2.00 bits per heavy atom. The molecule has 0 N–H and O–H groups in total. The SMILES string of the molecule is O=C(c1ccccc1)N1CCCC(S(=O)[O-])C1.[Na+]. The van der Waals surface area contributed by atoms with E-state index in [1.54, 1.807) is 29.2 Å². The summed E-state index contributed by atoms with van der Waals surface area (Å²) in [5.74, 6) is -0.0826. The first-order chi connectivity index (χ1) is 8.18. The minimum Gasteiger partial charge on any atom is -0.772 e. The van der Waals surface area contributed by atoms with Crippen molar-refractivity contribution in [3.63, 3.8) is 0 Å². The van der Waals surface area contributed by atoms with Crippen molar-refractivity contribution in [1.29, 1.82) is 0 Å². The molecular weight excluding hydrogens is 261 g/mol. The van der Waals surface area contributed by atoms with E-state index in [2.05, 4.69) is 0 Å². The molecule has 2 unspecified atom stereocenters. The van der Waals surface area contributed by atoms with Crippen LogP contribution in [0.3, 0.4) is 0 Å². The molecule has 0 bridgehead atoms. The van der Waals surface area contributed by atoms with Gasteiger partial charge in [0, 0.05) is 23.9 Å². The van der Waals surface area contributed by atoms with Gasteiger partial charge < -0.3 is 9.45 Å². The van der Waals surface area contributed by atoms with E-state index in [0.29, 0.717) is 25.1 Å². The number of carbonyl (C=O) groups is 1. The molecule has 1 saturated heterocycles. The Labute approximate surface area is 131 Å². The fourth-order valence-corrected chi connectivity index (χ4v) is 2.70. The Kier molecular flexibility index (Phi) is 6.52. The van der Waals surface area contributed by atoms with Crippen molar-refractivity contribution in [1.82, 2.24) is 4.90 Å². The van der Waals surface area contributed by atoms with E-state index in [0.717, 1.165) is 6.42 Å². The summed E-state index contributed by atoms with van der Waals surface area (Å²) < 4.78 is 21.8.